The molecule has 0 aliphatic rings. The van der Waals surface area contributed by atoms with Crippen LogP contribution in [0.2, 0.25) is 0 Å². The first-order valence-corrected chi connectivity index (χ1v) is 12.5. The van der Waals surface area contributed by atoms with Gasteiger partial charge in [0.2, 0.25) is 5.91 Å². The maximum atomic E-state index is 13.4. The van der Waals surface area contributed by atoms with Crippen molar-refractivity contribution in [1.82, 2.24) is 5.32 Å². The van der Waals surface area contributed by atoms with Gasteiger partial charge < -0.3 is 5.32 Å². The Hall–Kier alpha value is -2.39. The van der Waals surface area contributed by atoms with Gasteiger partial charge in [-0.3, -0.25) is 9.10 Å². The number of sulfonamides is 1. The largest absolute Gasteiger partial charge is 0.348 e. The lowest BCUT2D eigenvalue weighted by atomic mass is 10.0. The summed E-state index contributed by atoms with van der Waals surface area (Å²) in [6.07, 6.45) is 0.698. The summed E-state index contributed by atoms with van der Waals surface area (Å²) in [6.45, 7) is 3.69. The summed E-state index contributed by atoms with van der Waals surface area (Å²) in [6, 6.07) is 23.0. The average Bonchev–Trinajstić information content (AvgIpc) is 2.78. The van der Waals surface area contributed by atoms with Gasteiger partial charge in [0.1, 0.15) is 6.54 Å². The number of benzene rings is 3. The van der Waals surface area contributed by atoms with Crippen LogP contribution in [0, 0.1) is 10.5 Å². The zero-order valence-electron chi connectivity index (χ0n) is 17.5. The highest BCUT2D eigenvalue weighted by atomic mass is 127. The standard InChI is InChI=1S/C24H25IN2O3S/c1-3-23(19-11-9-18(2)10-12-19)26-24(28)17-27(21-15-13-20(25)14-16-21)31(29,30)22-7-5-4-6-8-22/h4-16,23H,3,17H2,1-2H3,(H,26,28). The molecule has 0 radical (unpaired) electrons. The van der Waals surface area contributed by atoms with Crippen molar-refractivity contribution in [1.29, 1.82) is 0 Å². The van der Waals surface area contributed by atoms with Crippen LogP contribution in [-0.2, 0) is 14.8 Å². The summed E-state index contributed by atoms with van der Waals surface area (Å²) < 4.78 is 28.9. The molecule has 7 heteroatoms. The van der Waals surface area contributed by atoms with Crippen LogP contribution in [0.3, 0.4) is 0 Å². The molecule has 0 aromatic heterocycles. The predicted octanol–water partition coefficient (Wildman–Crippen LogP) is 5.06. The number of anilines is 1. The van der Waals surface area contributed by atoms with Crippen LogP contribution in [-0.4, -0.2) is 20.9 Å². The molecular weight excluding hydrogens is 523 g/mol. The third-order valence-corrected chi connectivity index (χ3v) is 7.46. The number of rotatable bonds is 8. The molecule has 1 N–H and O–H groups in total. The van der Waals surface area contributed by atoms with Crippen molar-refractivity contribution in [2.75, 3.05) is 10.8 Å². The van der Waals surface area contributed by atoms with E-state index in [2.05, 4.69) is 27.9 Å². The molecule has 0 heterocycles. The molecule has 1 unspecified atom stereocenters. The van der Waals surface area contributed by atoms with E-state index >= 15 is 0 Å². The highest BCUT2D eigenvalue weighted by Gasteiger charge is 2.27. The molecule has 5 nitrogen and oxygen atoms in total. The Bertz CT molecular complexity index is 1120. The molecule has 0 spiro atoms. The maximum absolute atomic E-state index is 13.4. The van der Waals surface area contributed by atoms with Gasteiger partial charge in [0.05, 0.1) is 16.6 Å². The number of nitrogens with one attached hydrogen (secondary N) is 1. The molecule has 0 fully saturated rings. The number of hydrogen-bond acceptors (Lipinski definition) is 3. The number of carbonyl (C=O) groups excluding carboxylic acids is 1. The first-order valence-electron chi connectivity index (χ1n) is 10.0. The monoisotopic (exact) mass is 548 g/mol. The van der Waals surface area contributed by atoms with Crippen LogP contribution >= 0.6 is 22.6 Å². The van der Waals surface area contributed by atoms with Gasteiger partial charge in [-0.2, -0.15) is 0 Å². The number of halogens is 1. The molecule has 1 atom stereocenters. The van der Waals surface area contributed by atoms with Crippen molar-refractivity contribution in [2.45, 2.75) is 31.2 Å². The smallest absolute Gasteiger partial charge is 0.264 e. The van der Waals surface area contributed by atoms with E-state index in [9.17, 15) is 13.2 Å². The second-order valence-electron chi connectivity index (χ2n) is 7.24. The number of aryl methyl sites for hydroxylation is 1. The zero-order chi connectivity index (χ0) is 22.4. The maximum Gasteiger partial charge on any atom is 0.264 e. The summed E-state index contributed by atoms with van der Waals surface area (Å²) in [7, 11) is -3.90. The SMILES string of the molecule is CCC(NC(=O)CN(c1ccc(I)cc1)S(=O)(=O)c1ccccc1)c1ccc(C)cc1. The molecular formula is C24H25IN2O3S. The normalized spacial score (nSPS) is 12.2. The fraction of sp³-hybridized carbons (Fsp3) is 0.208. The van der Waals surface area contributed by atoms with Crippen LogP contribution in [0.25, 0.3) is 0 Å². The van der Waals surface area contributed by atoms with Crippen molar-refractivity contribution in [2.24, 2.45) is 0 Å². The minimum atomic E-state index is -3.90. The van der Waals surface area contributed by atoms with E-state index in [0.29, 0.717) is 12.1 Å². The third-order valence-electron chi connectivity index (χ3n) is 4.96. The second-order valence-corrected chi connectivity index (χ2v) is 10.3. The number of hydrogen-bond donors (Lipinski definition) is 1. The van der Waals surface area contributed by atoms with E-state index < -0.39 is 10.0 Å². The third kappa shape index (κ3) is 5.86. The van der Waals surface area contributed by atoms with E-state index in [0.717, 1.165) is 19.0 Å². The van der Waals surface area contributed by atoms with Crippen LogP contribution in [0.4, 0.5) is 5.69 Å². The molecule has 3 aromatic carbocycles. The van der Waals surface area contributed by atoms with Gasteiger partial charge in [-0.05, 0) is 77.9 Å². The highest BCUT2D eigenvalue weighted by Crippen LogP contribution is 2.25. The van der Waals surface area contributed by atoms with Crippen molar-refractivity contribution < 1.29 is 13.2 Å². The number of carbonyl (C=O) groups is 1. The van der Waals surface area contributed by atoms with E-state index in [1.54, 1.807) is 30.3 Å². The highest BCUT2D eigenvalue weighted by molar-refractivity contribution is 14.1. The number of amides is 1. The predicted molar refractivity (Wildman–Crippen MR) is 132 cm³/mol. The van der Waals surface area contributed by atoms with Crippen molar-refractivity contribution >= 4 is 44.2 Å². The van der Waals surface area contributed by atoms with E-state index in [4.69, 9.17) is 0 Å². The lowest BCUT2D eigenvalue weighted by Gasteiger charge is -2.26. The van der Waals surface area contributed by atoms with Gasteiger partial charge >= 0.3 is 0 Å². The van der Waals surface area contributed by atoms with Crippen molar-refractivity contribution in [3.05, 3.63) is 93.6 Å². The zero-order valence-corrected chi connectivity index (χ0v) is 20.4. The summed E-state index contributed by atoms with van der Waals surface area (Å²) in [5, 5.41) is 2.99. The van der Waals surface area contributed by atoms with E-state index in [-0.39, 0.29) is 23.4 Å². The molecule has 1 amide bonds. The molecule has 0 bridgehead atoms. The lowest BCUT2D eigenvalue weighted by Crippen LogP contribution is -2.42. The van der Waals surface area contributed by atoms with Crippen LogP contribution in [0.1, 0.15) is 30.5 Å². The quantitative estimate of drug-likeness (QED) is 0.401. The van der Waals surface area contributed by atoms with Crippen molar-refractivity contribution in [3.63, 3.8) is 0 Å². The fourth-order valence-electron chi connectivity index (χ4n) is 3.23. The molecule has 0 saturated carbocycles. The van der Waals surface area contributed by atoms with Crippen molar-refractivity contribution in [3.8, 4) is 0 Å². The summed E-state index contributed by atoms with van der Waals surface area (Å²) in [5.41, 5.74) is 2.58. The Labute approximate surface area is 197 Å². The average molecular weight is 548 g/mol. The molecule has 0 saturated heterocycles. The van der Waals surface area contributed by atoms with E-state index in [1.165, 1.54) is 12.1 Å². The summed E-state index contributed by atoms with van der Waals surface area (Å²) in [5.74, 6) is -0.356. The fourth-order valence-corrected chi connectivity index (χ4v) is 5.03. The van der Waals surface area contributed by atoms with Gasteiger partial charge in [-0.1, -0.05) is 55.0 Å². The van der Waals surface area contributed by atoms with Crippen LogP contribution < -0.4 is 9.62 Å². The molecule has 3 rings (SSSR count). The molecule has 0 aliphatic carbocycles. The minimum Gasteiger partial charge on any atom is -0.348 e. The Morgan fingerprint density at radius 1 is 0.968 bits per heavy atom. The Balaban J connectivity index is 1.88. The van der Waals surface area contributed by atoms with Crippen LogP contribution in [0.5, 0.6) is 0 Å². The Kier molecular flexibility index (Phi) is 7.72. The minimum absolute atomic E-state index is 0.145. The summed E-state index contributed by atoms with van der Waals surface area (Å²) >= 11 is 2.16. The Morgan fingerprint density at radius 3 is 2.16 bits per heavy atom. The molecule has 0 aliphatic heterocycles. The Morgan fingerprint density at radius 2 is 1.58 bits per heavy atom. The lowest BCUT2D eigenvalue weighted by molar-refractivity contribution is -0.120. The van der Waals surface area contributed by atoms with Gasteiger partial charge in [-0.15, -0.1) is 0 Å². The first-order chi connectivity index (χ1) is 14.8. The number of nitrogens with zero attached hydrogens (tertiary/aromatic N) is 1. The van der Waals surface area contributed by atoms with Gasteiger partial charge in [-0.25, -0.2) is 8.42 Å². The van der Waals surface area contributed by atoms with Gasteiger partial charge in [0.15, 0.2) is 0 Å². The van der Waals surface area contributed by atoms with Crippen LogP contribution in [0.15, 0.2) is 83.8 Å². The van der Waals surface area contributed by atoms with Gasteiger partial charge in [0, 0.05) is 3.57 Å². The summed E-state index contributed by atoms with van der Waals surface area (Å²) in [4.78, 5) is 13.1. The second kappa shape index (κ2) is 10.3. The molecule has 31 heavy (non-hydrogen) atoms. The molecule has 162 valence electrons. The first kappa shape index (κ1) is 23.3. The molecule has 3 aromatic rings. The van der Waals surface area contributed by atoms with Gasteiger partial charge in [0.25, 0.3) is 10.0 Å². The van der Waals surface area contributed by atoms with E-state index in [1.807, 2.05) is 50.2 Å². The topological polar surface area (TPSA) is 66.5 Å².